The summed E-state index contributed by atoms with van der Waals surface area (Å²) in [5.74, 6) is 0.933. The minimum atomic E-state index is 0.277. The van der Waals surface area contributed by atoms with E-state index < -0.39 is 0 Å². The number of nitrogens with two attached hydrogens (primary N) is 1. The highest BCUT2D eigenvalue weighted by Gasteiger charge is 2.02. The maximum absolute atomic E-state index is 9.13. The maximum atomic E-state index is 9.13. The van der Waals surface area contributed by atoms with Gasteiger partial charge in [-0.05, 0) is 17.7 Å². The van der Waals surface area contributed by atoms with E-state index in [1.807, 2.05) is 25.2 Å². The van der Waals surface area contributed by atoms with Crippen LogP contribution in [0.2, 0.25) is 0 Å². The van der Waals surface area contributed by atoms with Gasteiger partial charge in [0.2, 0.25) is 0 Å². The molecule has 15 heavy (non-hydrogen) atoms. The fraction of sp³-hybridized carbons (Fsp3) is 0.182. The molecule has 1 aromatic heterocycles. The van der Waals surface area contributed by atoms with Gasteiger partial charge in [0, 0.05) is 19.5 Å². The van der Waals surface area contributed by atoms with Crippen molar-refractivity contribution in [3.63, 3.8) is 0 Å². The lowest BCUT2D eigenvalue weighted by Gasteiger charge is -1.97. The van der Waals surface area contributed by atoms with Gasteiger partial charge in [0.1, 0.15) is 11.6 Å². The molecule has 0 unspecified atom stereocenters. The van der Waals surface area contributed by atoms with Crippen LogP contribution in [0.4, 0.5) is 5.82 Å². The van der Waals surface area contributed by atoms with Gasteiger partial charge >= 0.3 is 0 Å². The molecule has 0 saturated heterocycles. The molecule has 2 aromatic rings. The number of phenols is 1. The molecule has 78 valence electrons. The van der Waals surface area contributed by atoms with Crippen LogP contribution in [-0.2, 0) is 13.5 Å². The summed E-state index contributed by atoms with van der Waals surface area (Å²) in [5, 5.41) is 13.4. The number of aryl methyl sites for hydroxylation is 1. The minimum absolute atomic E-state index is 0.277. The number of benzene rings is 1. The Morgan fingerprint density at radius 2 is 2.00 bits per heavy atom. The average Bonchev–Trinajstić information content (AvgIpc) is 2.50. The second-order valence-electron chi connectivity index (χ2n) is 3.53. The van der Waals surface area contributed by atoms with Crippen LogP contribution < -0.4 is 5.73 Å². The van der Waals surface area contributed by atoms with Crippen molar-refractivity contribution >= 4 is 5.82 Å². The molecule has 0 aliphatic carbocycles. The van der Waals surface area contributed by atoms with E-state index in [0.717, 1.165) is 17.7 Å². The zero-order valence-corrected chi connectivity index (χ0v) is 8.51. The van der Waals surface area contributed by atoms with E-state index in [4.69, 9.17) is 10.8 Å². The summed E-state index contributed by atoms with van der Waals surface area (Å²) in [6.45, 7) is 0. The zero-order valence-electron chi connectivity index (χ0n) is 8.51. The third-order valence-corrected chi connectivity index (χ3v) is 2.29. The standard InChI is InChI=1S/C11H13N3O/c1-14-11(12)7-9(13-14)6-8-2-4-10(15)5-3-8/h2-5,7,15H,6,12H2,1H3. The summed E-state index contributed by atoms with van der Waals surface area (Å²) in [4.78, 5) is 0. The molecule has 4 nitrogen and oxygen atoms in total. The molecule has 0 aliphatic heterocycles. The SMILES string of the molecule is Cn1nc(Cc2ccc(O)cc2)cc1N. The first-order valence-electron chi connectivity index (χ1n) is 4.71. The normalized spacial score (nSPS) is 10.5. The van der Waals surface area contributed by atoms with Gasteiger partial charge in [0.15, 0.2) is 0 Å². The Hall–Kier alpha value is -1.97. The Balaban J connectivity index is 2.18. The fourth-order valence-corrected chi connectivity index (χ4v) is 1.45. The summed E-state index contributed by atoms with van der Waals surface area (Å²) in [7, 11) is 1.82. The van der Waals surface area contributed by atoms with Crippen molar-refractivity contribution in [3.8, 4) is 5.75 Å². The molecule has 0 radical (unpaired) electrons. The summed E-state index contributed by atoms with van der Waals surface area (Å²) in [6.07, 6.45) is 0.728. The molecule has 0 spiro atoms. The lowest BCUT2D eigenvalue weighted by molar-refractivity contribution is 0.475. The average molecular weight is 203 g/mol. The van der Waals surface area contributed by atoms with Crippen molar-refractivity contribution < 1.29 is 5.11 Å². The molecule has 4 heteroatoms. The van der Waals surface area contributed by atoms with Gasteiger partial charge in [-0.25, -0.2) is 0 Å². The first kappa shape index (κ1) is 9.58. The third-order valence-electron chi connectivity index (χ3n) is 2.29. The van der Waals surface area contributed by atoms with Crippen LogP contribution in [-0.4, -0.2) is 14.9 Å². The van der Waals surface area contributed by atoms with Crippen LogP contribution in [0.3, 0.4) is 0 Å². The van der Waals surface area contributed by atoms with E-state index in [2.05, 4.69) is 5.10 Å². The van der Waals surface area contributed by atoms with Crippen LogP contribution in [0.1, 0.15) is 11.3 Å². The predicted molar refractivity (Wildman–Crippen MR) is 58.5 cm³/mol. The number of nitrogen functional groups attached to an aromatic ring is 1. The van der Waals surface area contributed by atoms with Gasteiger partial charge in [-0.1, -0.05) is 12.1 Å². The van der Waals surface area contributed by atoms with Gasteiger partial charge in [0.05, 0.1) is 5.69 Å². The van der Waals surface area contributed by atoms with Gasteiger partial charge in [-0.15, -0.1) is 0 Å². The monoisotopic (exact) mass is 203 g/mol. The van der Waals surface area contributed by atoms with Crippen LogP contribution >= 0.6 is 0 Å². The van der Waals surface area contributed by atoms with Gasteiger partial charge in [-0.2, -0.15) is 5.10 Å². The van der Waals surface area contributed by atoms with Crippen molar-refractivity contribution in [2.24, 2.45) is 7.05 Å². The van der Waals surface area contributed by atoms with E-state index in [9.17, 15) is 0 Å². The second kappa shape index (κ2) is 3.65. The Kier molecular flexibility index (Phi) is 2.33. The Morgan fingerprint density at radius 1 is 1.33 bits per heavy atom. The quantitative estimate of drug-likeness (QED) is 0.773. The zero-order chi connectivity index (χ0) is 10.8. The molecule has 0 bridgehead atoms. The molecular weight excluding hydrogens is 190 g/mol. The number of nitrogens with zero attached hydrogens (tertiary/aromatic N) is 2. The molecule has 2 rings (SSSR count). The second-order valence-corrected chi connectivity index (χ2v) is 3.53. The maximum Gasteiger partial charge on any atom is 0.121 e. The van der Waals surface area contributed by atoms with Crippen molar-refractivity contribution in [1.82, 2.24) is 9.78 Å². The van der Waals surface area contributed by atoms with E-state index in [-0.39, 0.29) is 5.75 Å². The summed E-state index contributed by atoms with van der Waals surface area (Å²) < 4.78 is 1.65. The van der Waals surface area contributed by atoms with Gasteiger partial charge < -0.3 is 10.8 Å². The number of anilines is 1. The van der Waals surface area contributed by atoms with Crippen molar-refractivity contribution in [3.05, 3.63) is 41.6 Å². The van der Waals surface area contributed by atoms with E-state index in [0.29, 0.717) is 5.82 Å². The molecule has 0 atom stereocenters. The Bertz CT molecular complexity index is 440. The van der Waals surface area contributed by atoms with Crippen LogP contribution in [0.15, 0.2) is 30.3 Å². The van der Waals surface area contributed by atoms with E-state index in [1.165, 1.54) is 0 Å². The summed E-state index contributed by atoms with van der Waals surface area (Å²) in [5.41, 5.74) is 7.71. The number of rotatable bonds is 2. The number of hydrogen-bond acceptors (Lipinski definition) is 3. The minimum Gasteiger partial charge on any atom is -0.508 e. The Labute approximate surface area is 88.0 Å². The largest absolute Gasteiger partial charge is 0.508 e. The molecule has 3 N–H and O–H groups in total. The highest BCUT2D eigenvalue weighted by Crippen LogP contribution is 2.14. The summed E-state index contributed by atoms with van der Waals surface area (Å²) >= 11 is 0. The topological polar surface area (TPSA) is 64.1 Å². The molecular formula is C11H13N3O. The number of hydrogen-bond donors (Lipinski definition) is 2. The molecule has 0 aliphatic rings. The molecule has 1 aromatic carbocycles. The van der Waals surface area contributed by atoms with E-state index in [1.54, 1.807) is 16.8 Å². The fourth-order valence-electron chi connectivity index (χ4n) is 1.45. The number of aromatic nitrogens is 2. The van der Waals surface area contributed by atoms with Crippen molar-refractivity contribution in [2.75, 3.05) is 5.73 Å². The molecule has 0 fully saturated rings. The molecule has 0 saturated carbocycles. The number of phenolic OH excluding ortho intramolecular Hbond substituents is 1. The molecule has 1 heterocycles. The van der Waals surface area contributed by atoms with E-state index >= 15 is 0 Å². The first-order chi connectivity index (χ1) is 7.15. The molecule has 0 amide bonds. The number of aromatic hydroxyl groups is 1. The van der Waals surface area contributed by atoms with Gasteiger partial charge in [-0.3, -0.25) is 4.68 Å². The van der Waals surface area contributed by atoms with Crippen molar-refractivity contribution in [1.29, 1.82) is 0 Å². The van der Waals surface area contributed by atoms with Crippen LogP contribution in [0.5, 0.6) is 5.75 Å². The lowest BCUT2D eigenvalue weighted by Crippen LogP contribution is -1.97. The first-order valence-corrected chi connectivity index (χ1v) is 4.71. The Morgan fingerprint density at radius 3 is 2.53 bits per heavy atom. The summed E-state index contributed by atoms with van der Waals surface area (Å²) in [6, 6.07) is 8.94. The van der Waals surface area contributed by atoms with Crippen molar-refractivity contribution in [2.45, 2.75) is 6.42 Å². The third kappa shape index (κ3) is 2.10. The smallest absolute Gasteiger partial charge is 0.121 e. The highest BCUT2D eigenvalue weighted by atomic mass is 16.3. The highest BCUT2D eigenvalue weighted by molar-refractivity contribution is 5.34. The predicted octanol–water partition coefficient (Wildman–Crippen LogP) is 1.30. The van der Waals surface area contributed by atoms with Gasteiger partial charge in [0.25, 0.3) is 0 Å². The van der Waals surface area contributed by atoms with Crippen LogP contribution in [0, 0.1) is 0 Å². The lowest BCUT2D eigenvalue weighted by atomic mass is 10.1. The van der Waals surface area contributed by atoms with Crippen LogP contribution in [0.25, 0.3) is 0 Å².